The number of nitrogens with one attached hydrogen (secondary N) is 1. The summed E-state index contributed by atoms with van der Waals surface area (Å²) in [6.45, 7) is 0.238. The van der Waals surface area contributed by atoms with E-state index in [9.17, 15) is 4.79 Å². The number of halogens is 1. The lowest BCUT2D eigenvalue weighted by atomic mass is 10.2. The highest BCUT2D eigenvalue weighted by atomic mass is 35.5. The Morgan fingerprint density at radius 2 is 2.24 bits per heavy atom. The first-order valence-electron chi connectivity index (χ1n) is 7.82. The number of anilines is 1. The van der Waals surface area contributed by atoms with Crippen LogP contribution in [0.25, 0.3) is 5.69 Å². The number of hydrogen-bond acceptors (Lipinski definition) is 6. The van der Waals surface area contributed by atoms with E-state index in [2.05, 4.69) is 20.8 Å². The highest BCUT2D eigenvalue weighted by Gasteiger charge is 2.30. The summed E-state index contributed by atoms with van der Waals surface area (Å²) < 4.78 is 6.81. The standard InChI is InChI=1S/C16H15ClN6O2/c17-13-4-3-11(19-16(24)10-5-12(7-18)25-8-10)6-14(13)23-15(9-1-2-9)20-21-22-23/h3-6,8-9H,1-2,7,18H2,(H,19,24). The quantitative estimate of drug-likeness (QED) is 0.724. The zero-order chi connectivity index (χ0) is 17.4. The third-order valence-corrected chi connectivity index (χ3v) is 4.31. The molecule has 1 aliphatic carbocycles. The Balaban J connectivity index is 1.61. The number of carbonyl (C=O) groups is 1. The molecule has 0 spiro atoms. The molecule has 0 unspecified atom stereocenters. The largest absolute Gasteiger partial charge is 0.467 e. The van der Waals surface area contributed by atoms with Crippen molar-refractivity contribution >= 4 is 23.2 Å². The third-order valence-electron chi connectivity index (χ3n) is 3.99. The normalized spacial score (nSPS) is 13.8. The van der Waals surface area contributed by atoms with E-state index in [-0.39, 0.29) is 12.5 Å². The van der Waals surface area contributed by atoms with Crippen molar-refractivity contribution in [2.75, 3.05) is 5.32 Å². The van der Waals surface area contributed by atoms with Gasteiger partial charge >= 0.3 is 0 Å². The van der Waals surface area contributed by atoms with Gasteiger partial charge in [-0.1, -0.05) is 11.6 Å². The van der Waals surface area contributed by atoms with Crippen LogP contribution in [0.15, 0.2) is 34.9 Å². The molecule has 0 bridgehead atoms. The van der Waals surface area contributed by atoms with Gasteiger partial charge in [0.2, 0.25) is 0 Å². The molecule has 3 aromatic rings. The number of rotatable bonds is 5. The first kappa shape index (κ1) is 15.8. The van der Waals surface area contributed by atoms with E-state index >= 15 is 0 Å². The van der Waals surface area contributed by atoms with Gasteiger partial charge in [0.1, 0.15) is 12.0 Å². The molecule has 1 amide bonds. The number of hydrogen-bond donors (Lipinski definition) is 2. The SMILES string of the molecule is NCc1cc(C(=O)Nc2ccc(Cl)c(-n3nnnc3C3CC3)c2)co1. The molecule has 3 N–H and O–H groups in total. The fraction of sp³-hybridized carbons (Fsp3) is 0.250. The second-order valence-electron chi connectivity index (χ2n) is 5.85. The van der Waals surface area contributed by atoms with E-state index in [0.717, 1.165) is 18.7 Å². The number of benzene rings is 1. The van der Waals surface area contributed by atoms with E-state index in [1.54, 1.807) is 28.9 Å². The van der Waals surface area contributed by atoms with E-state index in [4.69, 9.17) is 21.8 Å². The Labute approximate surface area is 147 Å². The van der Waals surface area contributed by atoms with Crippen molar-refractivity contribution in [3.8, 4) is 5.69 Å². The average molecular weight is 359 g/mol. The second-order valence-corrected chi connectivity index (χ2v) is 6.26. The lowest BCUT2D eigenvalue weighted by Crippen LogP contribution is -2.12. The van der Waals surface area contributed by atoms with Crippen LogP contribution < -0.4 is 11.1 Å². The molecule has 0 aliphatic heterocycles. The van der Waals surface area contributed by atoms with Gasteiger partial charge in [0.25, 0.3) is 5.91 Å². The smallest absolute Gasteiger partial charge is 0.258 e. The molecular formula is C16H15ClN6O2. The van der Waals surface area contributed by atoms with Gasteiger partial charge in [0, 0.05) is 11.6 Å². The number of aromatic nitrogens is 4. The number of carbonyl (C=O) groups excluding carboxylic acids is 1. The summed E-state index contributed by atoms with van der Waals surface area (Å²) in [6.07, 6.45) is 3.51. The highest BCUT2D eigenvalue weighted by molar-refractivity contribution is 6.32. The zero-order valence-electron chi connectivity index (χ0n) is 13.1. The fourth-order valence-electron chi connectivity index (χ4n) is 2.52. The zero-order valence-corrected chi connectivity index (χ0v) is 13.9. The van der Waals surface area contributed by atoms with Crippen LogP contribution in [0.4, 0.5) is 5.69 Å². The minimum Gasteiger partial charge on any atom is -0.467 e. The molecule has 9 heteroatoms. The van der Waals surface area contributed by atoms with Gasteiger partial charge in [-0.3, -0.25) is 4.79 Å². The van der Waals surface area contributed by atoms with Crippen molar-refractivity contribution in [1.82, 2.24) is 20.2 Å². The Hall–Kier alpha value is -2.71. The lowest BCUT2D eigenvalue weighted by Gasteiger charge is -2.09. The van der Waals surface area contributed by atoms with Crippen LogP contribution in [0.5, 0.6) is 0 Å². The van der Waals surface area contributed by atoms with Gasteiger partial charge in [-0.25, -0.2) is 0 Å². The predicted molar refractivity (Wildman–Crippen MR) is 90.7 cm³/mol. The molecule has 2 aromatic heterocycles. The molecule has 8 nitrogen and oxygen atoms in total. The van der Waals surface area contributed by atoms with Gasteiger partial charge in [-0.05, 0) is 47.5 Å². The van der Waals surface area contributed by atoms with Gasteiger partial charge in [-0.2, -0.15) is 4.68 Å². The number of nitrogens with zero attached hydrogens (tertiary/aromatic N) is 4. The number of furan rings is 1. The maximum absolute atomic E-state index is 12.3. The summed E-state index contributed by atoms with van der Waals surface area (Å²) in [4.78, 5) is 12.3. The summed E-state index contributed by atoms with van der Waals surface area (Å²) in [6, 6.07) is 6.77. The Morgan fingerprint density at radius 3 is 2.96 bits per heavy atom. The maximum Gasteiger partial charge on any atom is 0.258 e. The highest BCUT2D eigenvalue weighted by Crippen LogP contribution is 2.40. The van der Waals surface area contributed by atoms with Gasteiger partial charge < -0.3 is 15.5 Å². The van der Waals surface area contributed by atoms with Crippen molar-refractivity contribution in [1.29, 1.82) is 0 Å². The number of amides is 1. The first-order valence-corrected chi connectivity index (χ1v) is 8.20. The van der Waals surface area contributed by atoms with E-state index in [1.807, 2.05) is 0 Å². The third kappa shape index (κ3) is 3.13. The molecule has 128 valence electrons. The van der Waals surface area contributed by atoms with E-state index in [1.165, 1.54) is 6.26 Å². The Bertz CT molecular complexity index is 930. The second kappa shape index (κ2) is 6.30. The predicted octanol–water partition coefficient (Wildman–Crippen LogP) is 2.50. The molecule has 0 atom stereocenters. The molecule has 25 heavy (non-hydrogen) atoms. The monoisotopic (exact) mass is 358 g/mol. The van der Waals surface area contributed by atoms with Crippen LogP contribution in [0.2, 0.25) is 5.02 Å². The molecule has 0 radical (unpaired) electrons. The summed E-state index contributed by atoms with van der Waals surface area (Å²) in [5, 5.41) is 15.2. The van der Waals surface area contributed by atoms with Gasteiger partial charge in [0.15, 0.2) is 5.82 Å². The summed E-state index contributed by atoms with van der Waals surface area (Å²) in [5.74, 6) is 1.40. The average Bonchev–Trinajstić information content (AvgIpc) is 3.15. The first-order chi connectivity index (χ1) is 12.2. The Morgan fingerprint density at radius 1 is 1.40 bits per heavy atom. The maximum atomic E-state index is 12.3. The molecule has 1 saturated carbocycles. The lowest BCUT2D eigenvalue weighted by molar-refractivity contribution is 0.102. The molecule has 4 rings (SSSR count). The molecule has 0 saturated heterocycles. The van der Waals surface area contributed by atoms with Crippen LogP contribution in [0.1, 0.15) is 40.7 Å². The molecule has 1 aromatic carbocycles. The summed E-state index contributed by atoms with van der Waals surface area (Å²) in [5.41, 5.74) is 7.10. The molecule has 1 fully saturated rings. The molecule has 1 aliphatic rings. The van der Waals surface area contributed by atoms with Crippen molar-refractivity contribution in [2.45, 2.75) is 25.3 Å². The Kier molecular flexibility index (Phi) is 3.98. The van der Waals surface area contributed by atoms with Crippen LogP contribution >= 0.6 is 11.6 Å². The van der Waals surface area contributed by atoms with Gasteiger partial charge in [0.05, 0.1) is 22.8 Å². The van der Waals surface area contributed by atoms with Crippen molar-refractivity contribution in [3.05, 3.63) is 52.7 Å². The van der Waals surface area contributed by atoms with Crippen LogP contribution in [-0.2, 0) is 6.54 Å². The minimum atomic E-state index is -0.296. The van der Waals surface area contributed by atoms with Crippen molar-refractivity contribution in [2.24, 2.45) is 5.73 Å². The van der Waals surface area contributed by atoms with Crippen LogP contribution in [-0.4, -0.2) is 26.1 Å². The van der Waals surface area contributed by atoms with Crippen LogP contribution in [0.3, 0.4) is 0 Å². The summed E-state index contributed by atoms with van der Waals surface area (Å²) in [7, 11) is 0. The van der Waals surface area contributed by atoms with Crippen molar-refractivity contribution < 1.29 is 9.21 Å². The number of nitrogens with two attached hydrogens (primary N) is 1. The van der Waals surface area contributed by atoms with Crippen molar-refractivity contribution in [3.63, 3.8) is 0 Å². The molecular weight excluding hydrogens is 344 g/mol. The number of tetrazole rings is 1. The van der Waals surface area contributed by atoms with Gasteiger partial charge in [-0.15, -0.1) is 5.10 Å². The minimum absolute atomic E-state index is 0.238. The van der Waals surface area contributed by atoms with E-state index in [0.29, 0.717) is 33.6 Å². The fourth-order valence-corrected chi connectivity index (χ4v) is 2.72. The van der Waals surface area contributed by atoms with E-state index < -0.39 is 0 Å². The van der Waals surface area contributed by atoms with Crippen LogP contribution in [0, 0.1) is 0 Å². The summed E-state index contributed by atoms with van der Waals surface area (Å²) >= 11 is 6.30. The molecule has 2 heterocycles. The topological polar surface area (TPSA) is 112 Å².